The van der Waals surface area contributed by atoms with Crippen LogP contribution in [0.3, 0.4) is 0 Å². The molecular weight excluding hydrogens is 274 g/mol. The standard InChI is InChI=1S/C15H12F2N4/c1-8-14-13(4-2-9-7-18-19-15(9)14)21(20-8)12-5-3-10(16)6-11(12)17/h3,5-7H,2,4H2,1H3,(H,18,19). The van der Waals surface area contributed by atoms with Crippen molar-refractivity contribution in [1.82, 2.24) is 20.0 Å². The molecule has 1 aromatic carbocycles. The molecular formula is C15H12F2N4. The van der Waals surface area contributed by atoms with Crippen LogP contribution < -0.4 is 0 Å². The Kier molecular flexibility index (Phi) is 2.48. The number of hydrogen-bond acceptors (Lipinski definition) is 2. The highest BCUT2D eigenvalue weighted by Gasteiger charge is 2.26. The van der Waals surface area contributed by atoms with E-state index in [1.165, 1.54) is 12.1 Å². The minimum atomic E-state index is -0.615. The van der Waals surface area contributed by atoms with Gasteiger partial charge in [0, 0.05) is 11.6 Å². The minimum absolute atomic E-state index is 0.267. The molecule has 0 radical (unpaired) electrons. The number of halogens is 2. The van der Waals surface area contributed by atoms with Gasteiger partial charge in [-0.25, -0.2) is 13.5 Å². The smallest absolute Gasteiger partial charge is 0.151 e. The van der Waals surface area contributed by atoms with E-state index < -0.39 is 11.6 Å². The maximum Gasteiger partial charge on any atom is 0.151 e. The molecule has 21 heavy (non-hydrogen) atoms. The summed E-state index contributed by atoms with van der Waals surface area (Å²) in [6, 6.07) is 3.54. The van der Waals surface area contributed by atoms with Gasteiger partial charge in [-0.1, -0.05) is 0 Å². The van der Waals surface area contributed by atoms with E-state index >= 15 is 0 Å². The zero-order valence-electron chi connectivity index (χ0n) is 11.3. The van der Waals surface area contributed by atoms with Gasteiger partial charge >= 0.3 is 0 Å². The largest absolute Gasteiger partial charge is 0.277 e. The van der Waals surface area contributed by atoms with Crippen molar-refractivity contribution in [1.29, 1.82) is 0 Å². The molecule has 1 aliphatic carbocycles. The summed E-state index contributed by atoms with van der Waals surface area (Å²) >= 11 is 0. The average Bonchev–Trinajstić information content (AvgIpc) is 3.03. The molecule has 0 aliphatic heterocycles. The fourth-order valence-corrected chi connectivity index (χ4v) is 2.95. The third-order valence-corrected chi connectivity index (χ3v) is 3.89. The lowest BCUT2D eigenvalue weighted by molar-refractivity contribution is 0.570. The van der Waals surface area contributed by atoms with E-state index in [1.54, 1.807) is 4.68 Å². The molecule has 1 aliphatic rings. The van der Waals surface area contributed by atoms with Gasteiger partial charge in [0.1, 0.15) is 11.5 Å². The number of aromatic nitrogens is 4. The molecule has 4 rings (SSSR count). The monoisotopic (exact) mass is 286 g/mol. The topological polar surface area (TPSA) is 46.5 Å². The van der Waals surface area contributed by atoms with Gasteiger partial charge < -0.3 is 0 Å². The van der Waals surface area contributed by atoms with Crippen molar-refractivity contribution in [3.05, 3.63) is 53.0 Å². The molecule has 2 heterocycles. The molecule has 0 unspecified atom stereocenters. The lowest BCUT2D eigenvalue weighted by atomic mass is 9.94. The van der Waals surface area contributed by atoms with Crippen LogP contribution in [-0.4, -0.2) is 20.0 Å². The van der Waals surface area contributed by atoms with E-state index in [0.29, 0.717) is 0 Å². The second-order valence-electron chi connectivity index (χ2n) is 5.18. The normalized spacial score (nSPS) is 13.1. The van der Waals surface area contributed by atoms with E-state index in [2.05, 4.69) is 15.3 Å². The van der Waals surface area contributed by atoms with Crippen molar-refractivity contribution in [2.45, 2.75) is 19.8 Å². The number of aromatic amines is 1. The van der Waals surface area contributed by atoms with Crippen molar-refractivity contribution in [2.75, 3.05) is 0 Å². The first kappa shape index (κ1) is 12.3. The highest BCUT2D eigenvalue weighted by Crippen LogP contribution is 2.35. The predicted molar refractivity (Wildman–Crippen MR) is 73.2 cm³/mol. The lowest BCUT2D eigenvalue weighted by Crippen LogP contribution is -2.09. The van der Waals surface area contributed by atoms with Gasteiger partial charge in [0.25, 0.3) is 0 Å². The molecule has 1 N–H and O–H groups in total. The van der Waals surface area contributed by atoms with Crippen LogP contribution in [0.25, 0.3) is 16.9 Å². The molecule has 0 fully saturated rings. The Morgan fingerprint density at radius 1 is 1.24 bits per heavy atom. The number of H-pyrrole nitrogens is 1. The van der Waals surface area contributed by atoms with Crippen molar-refractivity contribution in [3.8, 4) is 16.9 Å². The Hall–Kier alpha value is -2.50. The maximum absolute atomic E-state index is 14.0. The zero-order chi connectivity index (χ0) is 14.6. The molecule has 0 bridgehead atoms. The van der Waals surface area contributed by atoms with Crippen LogP contribution in [0.2, 0.25) is 0 Å². The fourth-order valence-electron chi connectivity index (χ4n) is 2.95. The molecule has 106 valence electrons. The highest BCUT2D eigenvalue weighted by molar-refractivity contribution is 5.71. The van der Waals surface area contributed by atoms with Crippen molar-refractivity contribution in [3.63, 3.8) is 0 Å². The Labute approximate surface area is 119 Å². The van der Waals surface area contributed by atoms with E-state index in [4.69, 9.17) is 0 Å². The van der Waals surface area contributed by atoms with Gasteiger partial charge in [0.2, 0.25) is 0 Å². The quantitative estimate of drug-likeness (QED) is 0.747. The number of rotatable bonds is 1. The van der Waals surface area contributed by atoms with Gasteiger partial charge in [0.15, 0.2) is 5.82 Å². The second kappa shape index (κ2) is 4.25. The summed E-state index contributed by atoms with van der Waals surface area (Å²) < 4.78 is 28.7. The van der Waals surface area contributed by atoms with Crippen molar-refractivity contribution in [2.24, 2.45) is 0 Å². The number of fused-ring (bicyclic) bond motifs is 3. The highest BCUT2D eigenvalue weighted by atomic mass is 19.1. The predicted octanol–water partition coefficient (Wildman–Crippen LogP) is 2.95. The number of nitrogens with zero attached hydrogens (tertiary/aromatic N) is 3. The Morgan fingerprint density at radius 2 is 2.10 bits per heavy atom. The van der Waals surface area contributed by atoms with Crippen LogP contribution in [0, 0.1) is 18.6 Å². The molecule has 2 aromatic heterocycles. The number of aryl methyl sites for hydroxylation is 2. The fraction of sp³-hybridized carbons (Fsp3) is 0.200. The van der Waals surface area contributed by atoms with Crippen molar-refractivity contribution < 1.29 is 8.78 Å². The average molecular weight is 286 g/mol. The van der Waals surface area contributed by atoms with Crippen LogP contribution >= 0.6 is 0 Å². The van der Waals surface area contributed by atoms with Crippen LogP contribution in [0.5, 0.6) is 0 Å². The van der Waals surface area contributed by atoms with Crippen molar-refractivity contribution >= 4 is 0 Å². The summed E-state index contributed by atoms with van der Waals surface area (Å²) in [6.45, 7) is 1.88. The summed E-state index contributed by atoms with van der Waals surface area (Å²) in [5.41, 5.74) is 5.06. The number of benzene rings is 1. The van der Waals surface area contributed by atoms with E-state index in [0.717, 1.165) is 47.1 Å². The maximum atomic E-state index is 14.0. The molecule has 0 amide bonds. The van der Waals surface area contributed by atoms with E-state index in [1.807, 2.05) is 13.1 Å². The third-order valence-electron chi connectivity index (χ3n) is 3.89. The Balaban J connectivity index is 1.96. The number of nitrogens with one attached hydrogen (secondary N) is 1. The third kappa shape index (κ3) is 1.72. The first-order chi connectivity index (χ1) is 10.1. The molecule has 0 spiro atoms. The van der Waals surface area contributed by atoms with Crippen LogP contribution in [-0.2, 0) is 12.8 Å². The van der Waals surface area contributed by atoms with E-state index in [9.17, 15) is 8.78 Å². The van der Waals surface area contributed by atoms with Gasteiger partial charge in [-0.15, -0.1) is 0 Å². The summed E-state index contributed by atoms with van der Waals surface area (Å²) in [6.07, 6.45) is 3.39. The van der Waals surface area contributed by atoms with Gasteiger partial charge in [-0.05, 0) is 37.5 Å². The molecule has 0 saturated heterocycles. The lowest BCUT2D eigenvalue weighted by Gasteiger charge is -2.14. The summed E-state index contributed by atoms with van der Waals surface area (Å²) in [4.78, 5) is 0. The molecule has 0 atom stereocenters. The van der Waals surface area contributed by atoms with E-state index in [-0.39, 0.29) is 5.69 Å². The minimum Gasteiger partial charge on any atom is -0.277 e. The van der Waals surface area contributed by atoms with Gasteiger partial charge in [-0.3, -0.25) is 5.10 Å². The first-order valence-corrected chi connectivity index (χ1v) is 6.71. The van der Waals surface area contributed by atoms with Gasteiger partial charge in [0.05, 0.1) is 23.3 Å². The van der Waals surface area contributed by atoms with Crippen LogP contribution in [0.4, 0.5) is 8.78 Å². The van der Waals surface area contributed by atoms with Crippen LogP contribution in [0.1, 0.15) is 17.0 Å². The summed E-state index contributed by atoms with van der Waals surface area (Å²) in [5.74, 6) is -1.21. The van der Waals surface area contributed by atoms with Crippen LogP contribution in [0.15, 0.2) is 24.4 Å². The summed E-state index contributed by atoms with van der Waals surface area (Å²) in [7, 11) is 0. The Morgan fingerprint density at radius 3 is 2.90 bits per heavy atom. The number of hydrogen-bond donors (Lipinski definition) is 1. The summed E-state index contributed by atoms with van der Waals surface area (Å²) in [5, 5.41) is 11.5. The Bertz CT molecular complexity index is 847. The molecule has 3 aromatic rings. The molecule has 4 nitrogen and oxygen atoms in total. The molecule has 6 heteroatoms. The van der Waals surface area contributed by atoms with Gasteiger partial charge in [-0.2, -0.15) is 10.2 Å². The zero-order valence-corrected chi connectivity index (χ0v) is 11.3. The first-order valence-electron chi connectivity index (χ1n) is 6.71. The second-order valence-corrected chi connectivity index (χ2v) is 5.18. The SMILES string of the molecule is Cc1nn(-c2ccc(F)cc2F)c2c1-c1[nH]ncc1CC2. The molecule has 0 saturated carbocycles.